The molecule has 1 fully saturated rings. The Balaban J connectivity index is 1.82. The molecule has 1 amide bonds. The largest absolute Gasteiger partial charge is 0.478 e. The van der Waals surface area contributed by atoms with Crippen LogP contribution in [0.15, 0.2) is 30.3 Å². The van der Waals surface area contributed by atoms with Crippen molar-refractivity contribution < 1.29 is 14.7 Å². The Morgan fingerprint density at radius 2 is 2.04 bits per heavy atom. The van der Waals surface area contributed by atoms with Crippen LogP contribution in [0.2, 0.25) is 0 Å². The van der Waals surface area contributed by atoms with Crippen LogP contribution in [-0.2, 0) is 4.79 Å². The summed E-state index contributed by atoms with van der Waals surface area (Å²) in [6.45, 7) is 3.69. The molecule has 28 heavy (non-hydrogen) atoms. The van der Waals surface area contributed by atoms with Crippen molar-refractivity contribution in [2.24, 2.45) is 11.8 Å². The van der Waals surface area contributed by atoms with E-state index in [9.17, 15) is 14.7 Å². The summed E-state index contributed by atoms with van der Waals surface area (Å²) in [4.78, 5) is 26.5. The number of nitriles is 1. The Morgan fingerprint density at radius 1 is 1.29 bits per heavy atom. The first kappa shape index (κ1) is 18.5. The molecule has 4 rings (SSSR count). The van der Waals surface area contributed by atoms with Crippen LogP contribution < -0.4 is 10.2 Å². The minimum atomic E-state index is -0.990. The summed E-state index contributed by atoms with van der Waals surface area (Å²) >= 11 is 1.38. The van der Waals surface area contributed by atoms with Crippen molar-refractivity contribution in [3.05, 3.63) is 46.3 Å². The van der Waals surface area contributed by atoms with Gasteiger partial charge in [-0.1, -0.05) is 6.92 Å². The van der Waals surface area contributed by atoms with Crippen LogP contribution in [0.1, 0.15) is 53.5 Å². The number of carbonyl (C=O) groups excluding carboxylic acids is 1. The summed E-state index contributed by atoms with van der Waals surface area (Å²) in [5.41, 5.74) is 1.79. The molecule has 1 aliphatic heterocycles. The zero-order valence-corrected chi connectivity index (χ0v) is 16.5. The number of thiophene rings is 1. The fourth-order valence-corrected chi connectivity index (χ4v) is 5.07. The minimum absolute atomic E-state index is 0.0191. The number of anilines is 2. The van der Waals surface area contributed by atoms with Crippen molar-refractivity contribution in [2.45, 2.75) is 38.8 Å². The summed E-state index contributed by atoms with van der Waals surface area (Å²) in [6.07, 6.45) is 2.21. The number of fused-ring (bicyclic) bond motifs is 1. The molecule has 1 aliphatic carbocycles. The fourth-order valence-electron chi connectivity index (χ4n) is 4.33. The Hall–Kier alpha value is -2.85. The van der Waals surface area contributed by atoms with Crippen molar-refractivity contribution in [1.82, 2.24) is 0 Å². The Kier molecular flexibility index (Phi) is 4.60. The molecule has 3 atom stereocenters. The highest BCUT2D eigenvalue weighted by molar-refractivity contribution is 7.16. The van der Waals surface area contributed by atoms with Crippen LogP contribution in [0.3, 0.4) is 0 Å². The molecule has 6 nitrogen and oxygen atoms in total. The molecule has 0 saturated heterocycles. The zero-order chi connectivity index (χ0) is 20.0. The molecule has 0 bridgehead atoms. The van der Waals surface area contributed by atoms with E-state index >= 15 is 0 Å². The summed E-state index contributed by atoms with van der Waals surface area (Å²) in [7, 11) is 0. The second-order valence-corrected chi connectivity index (χ2v) is 8.64. The van der Waals surface area contributed by atoms with E-state index in [1.807, 2.05) is 11.0 Å². The lowest BCUT2D eigenvalue weighted by Gasteiger charge is -2.46. The maximum atomic E-state index is 12.5. The standard InChI is InChI=1S/C21H21N3O3S/c1-11-19(23-18-8-6-15(10-22)28-18)16-9-14(21(26)27)5-7-17(16)24(12(2)25)20(11)13-3-4-13/h5-9,11,13,19-20,23H,3-4H2,1-2H3,(H,26,27). The number of nitrogens with one attached hydrogen (secondary N) is 1. The lowest BCUT2D eigenvalue weighted by Crippen LogP contribution is -2.51. The summed E-state index contributed by atoms with van der Waals surface area (Å²) < 4.78 is 0. The smallest absolute Gasteiger partial charge is 0.335 e. The summed E-state index contributed by atoms with van der Waals surface area (Å²) in [5.74, 6) is -0.445. The van der Waals surface area contributed by atoms with Gasteiger partial charge in [0.1, 0.15) is 10.9 Å². The lowest BCUT2D eigenvalue weighted by molar-refractivity contribution is -0.117. The number of carbonyl (C=O) groups is 2. The monoisotopic (exact) mass is 395 g/mol. The minimum Gasteiger partial charge on any atom is -0.478 e. The van der Waals surface area contributed by atoms with Crippen molar-refractivity contribution in [3.63, 3.8) is 0 Å². The van der Waals surface area contributed by atoms with Gasteiger partial charge in [0.05, 0.1) is 16.6 Å². The van der Waals surface area contributed by atoms with Gasteiger partial charge in [-0.25, -0.2) is 4.79 Å². The molecule has 0 spiro atoms. The van der Waals surface area contributed by atoms with Crippen LogP contribution >= 0.6 is 11.3 Å². The first-order chi connectivity index (χ1) is 13.4. The number of nitrogens with zero attached hydrogens (tertiary/aromatic N) is 2. The Morgan fingerprint density at radius 3 is 2.61 bits per heavy atom. The molecular formula is C21H21N3O3S. The van der Waals surface area contributed by atoms with E-state index in [1.54, 1.807) is 31.2 Å². The van der Waals surface area contributed by atoms with E-state index in [0.29, 0.717) is 10.8 Å². The van der Waals surface area contributed by atoms with Crippen LogP contribution in [0.5, 0.6) is 0 Å². The molecule has 2 aliphatic rings. The van der Waals surface area contributed by atoms with E-state index in [0.717, 1.165) is 29.1 Å². The zero-order valence-electron chi connectivity index (χ0n) is 15.7. The first-order valence-corrected chi connectivity index (χ1v) is 10.2. The second kappa shape index (κ2) is 6.95. The maximum absolute atomic E-state index is 12.5. The topological polar surface area (TPSA) is 93.4 Å². The van der Waals surface area contributed by atoms with Gasteiger partial charge in [0.25, 0.3) is 0 Å². The third-order valence-electron chi connectivity index (χ3n) is 5.69. The highest BCUT2D eigenvalue weighted by Crippen LogP contribution is 2.50. The van der Waals surface area contributed by atoms with Gasteiger partial charge >= 0.3 is 5.97 Å². The summed E-state index contributed by atoms with van der Waals surface area (Å²) in [6, 6.07) is 10.7. The van der Waals surface area contributed by atoms with E-state index in [-0.39, 0.29) is 29.5 Å². The third-order valence-corrected chi connectivity index (χ3v) is 6.61. The Labute approximate surface area is 167 Å². The maximum Gasteiger partial charge on any atom is 0.335 e. The fraction of sp³-hybridized carbons (Fsp3) is 0.381. The van der Waals surface area contributed by atoms with E-state index in [2.05, 4.69) is 18.3 Å². The molecule has 2 N–H and O–H groups in total. The molecule has 1 aromatic carbocycles. The van der Waals surface area contributed by atoms with Crippen LogP contribution in [0.4, 0.5) is 10.7 Å². The number of hydrogen-bond donors (Lipinski definition) is 2. The van der Waals surface area contributed by atoms with Crippen molar-refractivity contribution in [3.8, 4) is 6.07 Å². The number of amides is 1. The quantitative estimate of drug-likeness (QED) is 0.807. The first-order valence-electron chi connectivity index (χ1n) is 9.34. The van der Waals surface area contributed by atoms with E-state index < -0.39 is 5.97 Å². The molecule has 1 aromatic heterocycles. The average molecular weight is 395 g/mol. The van der Waals surface area contributed by atoms with E-state index in [4.69, 9.17) is 5.26 Å². The highest BCUT2D eigenvalue weighted by atomic mass is 32.1. The van der Waals surface area contributed by atoms with E-state index in [1.165, 1.54) is 11.3 Å². The van der Waals surface area contributed by atoms with Crippen molar-refractivity contribution in [1.29, 1.82) is 5.26 Å². The number of carboxylic acid groups (broad SMARTS) is 1. The van der Waals surface area contributed by atoms with Crippen LogP contribution in [0, 0.1) is 23.2 Å². The predicted octanol–water partition coefficient (Wildman–Crippen LogP) is 4.25. The second-order valence-electron chi connectivity index (χ2n) is 7.55. The summed E-state index contributed by atoms with van der Waals surface area (Å²) in [5, 5.41) is 22.9. The normalized spacial score (nSPS) is 23.6. The molecule has 1 saturated carbocycles. The number of hydrogen-bond acceptors (Lipinski definition) is 5. The number of carboxylic acids is 1. The highest BCUT2D eigenvalue weighted by Gasteiger charge is 2.47. The van der Waals surface area contributed by atoms with Crippen LogP contribution in [0.25, 0.3) is 0 Å². The Bertz CT molecular complexity index is 989. The van der Waals surface area contributed by atoms with Gasteiger partial charge in [0.2, 0.25) is 5.91 Å². The van der Waals surface area contributed by atoms with Gasteiger partial charge in [0.15, 0.2) is 0 Å². The molecule has 2 heterocycles. The average Bonchev–Trinajstić information content (AvgIpc) is 3.40. The van der Waals surface area contributed by atoms with Gasteiger partial charge in [0, 0.05) is 24.6 Å². The third kappa shape index (κ3) is 3.14. The predicted molar refractivity (Wildman–Crippen MR) is 108 cm³/mol. The lowest BCUT2D eigenvalue weighted by atomic mass is 9.79. The molecule has 7 heteroatoms. The molecule has 0 radical (unpaired) electrons. The number of rotatable bonds is 4. The SMILES string of the molecule is CC(=O)N1c2ccc(C(=O)O)cc2C(Nc2ccc(C#N)s2)C(C)C1C1CC1. The van der Waals surface area contributed by atoms with Gasteiger partial charge in [-0.15, -0.1) is 11.3 Å². The van der Waals surface area contributed by atoms with Gasteiger partial charge in [-0.05, 0) is 54.7 Å². The molecular weight excluding hydrogens is 374 g/mol. The van der Waals surface area contributed by atoms with Crippen LogP contribution in [-0.4, -0.2) is 23.0 Å². The van der Waals surface area contributed by atoms with Crippen molar-refractivity contribution in [2.75, 3.05) is 10.2 Å². The number of aromatic carboxylic acids is 1. The molecule has 3 unspecified atom stereocenters. The van der Waals surface area contributed by atoms with Gasteiger partial charge in [-0.3, -0.25) is 4.79 Å². The van der Waals surface area contributed by atoms with Gasteiger partial charge in [-0.2, -0.15) is 5.26 Å². The molecule has 2 aromatic rings. The van der Waals surface area contributed by atoms with Gasteiger partial charge < -0.3 is 15.3 Å². The molecule has 144 valence electrons. The number of benzene rings is 1. The van der Waals surface area contributed by atoms with Crippen molar-refractivity contribution >= 4 is 33.9 Å².